The number of Topliss-reactive ketones (excluding diaryl/α,β-unsaturated/α-hetero) is 1. The molecule has 4 nitrogen and oxygen atoms in total. The Balaban J connectivity index is 1.92. The number of ketones is 1. The third-order valence-corrected chi connectivity index (χ3v) is 5.76. The quantitative estimate of drug-likeness (QED) is 0.734. The number of nitrogens with two attached hydrogens (primary N) is 1. The van der Waals surface area contributed by atoms with Gasteiger partial charge in [0.1, 0.15) is 17.1 Å². The molecular formula is C20H16BrN3OS. The van der Waals surface area contributed by atoms with Crippen molar-refractivity contribution in [3.63, 3.8) is 0 Å². The molecule has 1 unspecified atom stereocenters. The Labute approximate surface area is 165 Å². The van der Waals surface area contributed by atoms with Crippen molar-refractivity contribution in [2.45, 2.75) is 11.8 Å². The Morgan fingerprint density at radius 2 is 1.88 bits per heavy atom. The summed E-state index contributed by atoms with van der Waals surface area (Å²) in [6.45, 7) is 4.56. The van der Waals surface area contributed by atoms with Gasteiger partial charge in [0.25, 0.3) is 0 Å². The molecule has 130 valence electrons. The molecule has 1 atom stereocenters. The molecule has 3 rings (SSSR count). The molecular weight excluding hydrogens is 410 g/mol. The number of nitriles is 1. The van der Waals surface area contributed by atoms with Crippen molar-refractivity contribution in [3.8, 4) is 6.07 Å². The van der Waals surface area contributed by atoms with Gasteiger partial charge in [0, 0.05) is 16.6 Å². The lowest BCUT2D eigenvalue weighted by molar-refractivity contribution is 0.0997. The van der Waals surface area contributed by atoms with Crippen LogP contribution in [0.15, 0.2) is 82.1 Å². The molecule has 0 radical (unpaired) electrons. The topological polar surface area (TPSA) is 70.1 Å². The van der Waals surface area contributed by atoms with Crippen LogP contribution in [0.5, 0.6) is 0 Å². The van der Waals surface area contributed by atoms with E-state index in [-0.39, 0.29) is 17.2 Å². The molecule has 6 heteroatoms. The van der Waals surface area contributed by atoms with Crippen LogP contribution in [0, 0.1) is 11.3 Å². The fraction of sp³-hybridized carbons (Fsp3) is 0.100. The Morgan fingerprint density at radius 3 is 2.50 bits per heavy atom. The Morgan fingerprint density at radius 1 is 1.23 bits per heavy atom. The normalized spacial score (nSPS) is 17.2. The molecule has 1 heterocycles. The van der Waals surface area contributed by atoms with Crippen LogP contribution in [0.25, 0.3) is 0 Å². The van der Waals surface area contributed by atoms with E-state index in [4.69, 9.17) is 5.73 Å². The van der Waals surface area contributed by atoms with Gasteiger partial charge >= 0.3 is 0 Å². The van der Waals surface area contributed by atoms with Crippen molar-refractivity contribution >= 4 is 33.5 Å². The molecule has 0 saturated carbocycles. The number of halogens is 1. The van der Waals surface area contributed by atoms with Gasteiger partial charge in [0.05, 0.1) is 10.6 Å². The fourth-order valence-corrected chi connectivity index (χ4v) is 4.04. The Bertz CT molecular complexity index is 916. The van der Waals surface area contributed by atoms with Crippen LogP contribution in [0.2, 0.25) is 0 Å². The second kappa shape index (κ2) is 7.81. The minimum Gasteiger partial charge on any atom is -0.384 e. The SMILES string of the molecule is C=C1SC(C(=O)c2ccc(Br)cc2)C(C#N)=C(N)N1Cc1ccccc1. The lowest BCUT2D eigenvalue weighted by Crippen LogP contribution is -2.36. The largest absolute Gasteiger partial charge is 0.384 e. The lowest BCUT2D eigenvalue weighted by atomic mass is 10.0. The number of carbonyl (C=O) groups is 1. The van der Waals surface area contributed by atoms with Crippen molar-refractivity contribution in [2.75, 3.05) is 0 Å². The number of hydrogen-bond donors (Lipinski definition) is 1. The molecule has 0 aliphatic carbocycles. The van der Waals surface area contributed by atoms with E-state index in [0.29, 0.717) is 17.1 Å². The first-order valence-electron chi connectivity index (χ1n) is 7.88. The first-order valence-corrected chi connectivity index (χ1v) is 9.55. The van der Waals surface area contributed by atoms with Crippen molar-refractivity contribution in [1.82, 2.24) is 4.90 Å². The summed E-state index contributed by atoms with van der Waals surface area (Å²) >= 11 is 4.62. The number of rotatable bonds is 4. The van der Waals surface area contributed by atoms with Crippen LogP contribution < -0.4 is 5.73 Å². The van der Waals surface area contributed by atoms with E-state index in [1.54, 1.807) is 29.2 Å². The zero-order chi connectivity index (χ0) is 18.7. The van der Waals surface area contributed by atoms with E-state index >= 15 is 0 Å². The maximum Gasteiger partial charge on any atom is 0.181 e. The minimum atomic E-state index is -0.680. The molecule has 0 spiro atoms. The molecule has 26 heavy (non-hydrogen) atoms. The van der Waals surface area contributed by atoms with Crippen molar-refractivity contribution < 1.29 is 4.79 Å². The van der Waals surface area contributed by atoms with Gasteiger partial charge in [0.2, 0.25) is 0 Å². The predicted octanol–water partition coefficient (Wildman–Crippen LogP) is 4.41. The monoisotopic (exact) mass is 425 g/mol. The van der Waals surface area contributed by atoms with Crippen LogP contribution in [0.3, 0.4) is 0 Å². The number of nitrogens with zero attached hydrogens (tertiary/aromatic N) is 2. The Kier molecular flexibility index (Phi) is 5.50. The molecule has 0 aromatic heterocycles. The second-order valence-electron chi connectivity index (χ2n) is 5.75. The van der Waals surface area contributed by atoms with E-state index in [1.807, 2.05) is 30.3 Å². The van der Waals surface area contributed by atoms with E-state index < -0.39 is 5.25 Å². The molecule has 2 aromatic rings. The summed E-state index contributed by atoms with van der Waals surface area (Å²) in [7, 11) is 0. The molecule has 2 aromatic carbocycles. The summed E-state index contributed by atoms with van der Waals surface area (Å²) in [5, 5.41) is 9.60. The first kappa shape index (κ1) is 18.3. The van der Waals surface area contributed by atoms with E-state index in [0.717, 1.165) is 10.0 Å². The highest BCUT2D eigenvalue weighted by Gasteiger charge is 2.35. The smallest absolute Gasteiger partial charge is 0.181 e. The highest BCUT2D eigenvalue weighted by atomic mass is 79.9. The number of hydrogen-bond acceptors (Lipinski definition) is 5. The van der Waals surface area contributed by atoms with Crippen LogP contribution in [-0.4, -0.2) is 15.9 Å². The van der Waals surface area contributed by atoms with E-state index in [1.165, 1.54) is 11.8 Å². The highest BCUT2D eigenvalue weighted by molar-refractivity contribution is 9.10. The second-order valence-corrected chi connectivity index (χ2v) is 7.84. The molecule has 0 saturated heterocycles. The van der Waals surface area contributed by atoms with E-state index in [9.17, 15) is 10.1 Å². The summed E-state index contributed by atoms with van der Waals surface area (Å²) in [5.41, 5.74) is 8.11. The molecule has 0 fully saturated rings. The maximum atomic E-state index is 12.9. The average Bonchev–Trinajstić information content (AvgIpc) is 2.65. The summed E-state index contributed by atoms with van der Waals surface area (Å²) in [6, 6.07) is 19.0. The Hall–Kier alpha value is -2.49. The third-order valence-electron chi connectivity index (χ3n) is 4.05. The minimum absolute atomic E-state index is 0.150. The molecule has 0 bridgehead atoms. The van der Waals surface area contributed by atoms with Gasteiger partial charge in [-0.15, -0.1) is 0 Å². The van der Waals surface area contributed by atoms with Crippen LogP contribution in [-0.2, 0) is 6.54 Å². The number of thioether (sulfide) groups is 1. The van der Waals surface area contributed by atoms with Crippen LogP contribution in [0.4, 0.5) is 0 Å². The van der Waals surface area contributed by atoms with Gasteiger partial charge in [-0.25, -0.2) is 0 Å². The summed E-state index contributed by atoms with van der Waals surface area (Å²) < 4.78 is 0.888. The van der Waals surface area contributed by atoms with Crippen molar-refractivity contribution in [1.29, 1.82) is 5.26 Å². The van der Waals surface area contributed by atoms with Crippen LogP contribution >= 0.6 is 27.7 Å². The zero-order valence-electron chi connectivity index (χ0n) is 13.9. The summed E-state index contributed by atoms with van der Waals surface area (Å²) in [4.78, 5) is 14.7. The van der Waals surface area contributed by atoms with Gasteiger partial charge in [-0.05, 0) is 17.7 Å². The molecule has 1 aliphatic rings. The summed E-state index contributed by atoms with van der Waals surface area (Å²) in [5.74, 6) is 0.137. The highest BCUT2D eigenvalue weighted by Crippen LogP contribution is 2.39. The molecule has 0 amide bonds. The maximum absolute atomic E-state index is 12.9. The average molecular weight is 426 g/mol. The van der Waals surface area contributed by atoms with Gasteiger partial charge in [0.15, 0.2) is 5.78 Å². The van der Waals surface area contributed by atoms with E-state index in [2.05, 4.69) is 28.6 Å². The standard InChI is InChI=1S/C20H16BrN3OS/c1-13-24(12-14-5-3-2-4-6-14)20(23)17(11-22)19(26-13)18(25)15-7-9-16(21)10-8-15/h2-10,19H,1,12,23H2. The van der Waals surface area contributed by atoms with Gasteiger partial charge < -0.3 is 10.6 Å². The van der Waals surface area contributed by atoms with Crippen molar-refractivity contribution in [2.24, 2.45) is 5.73 Å². The zero-order valence-corrected chi connectivity index (χ0v) is 16.3. The predicted molar refractivity (Wildman–Crippen MR) is 108 cm³/mol. The first-order chi connectivity index (χ1) is 12.5. The van der Waals surface area contributed by atoms with Crippen LogP contribution in [0.1, 0.15) is 15.9 Å². The third kappa shape index (κ3) is 3.69. The lowest BCUT2D eigenvalue weighted by Gasteiger charge is -2.34. The number of carbonyl (C=O) groups excluding carboxylic acids is 1. The molecule has 2 N–H and O–H groups in total. The van der Waals surface area contributed by atoms with Gasteiger partial charge in [-0.3, -0.25) is 4.79 Å². The van der Waals surface area contributed by atoms with Gasteiger partial charge in [-0.2, -0.15) is 5.26 Å². The molecule has 1 aliphatic heterocycles. The fourth-order valence-electron chi connectivity index (χ4n) is 2.68. The van der Waals surface area contributed by atoms with Crippen molar-refractivity contribution in [3.05, 3.63) is 93.2 Å². The number of benzene rings is 2. The summed E-state index contributed by atoms with van der Waals surface area (Å²) in [6.07, 6.45) is 0. The van der Waals surface area contributed by atoms with Gasteiger partial charge in [-0.1, -0.05) is 76.7 Å².